The lowest BCUT2D eigenvalue weighted by molar-refractivity contribution is 0.298. The van der Waals surface area contributed by atoms with Crippen molar-refractivity contribution in [2.75, 3.05) is 32.3 Å². The van der Waals surface area contributed by atoms with Crippen molar-refractivity contribution in [2.45, 2.75) is 23.8 Å². The van der Waals surface area contributed by atoms with Gasteiger partial charge in [0.1, 0.15) is 5.75 Å². The minimum atomic E-state index is -3.55. The van der Waals surface area contributed by atoms with Gasteiger partial charge in [0.15, 0.2) is 0 Å². The first kappa shape index (κ1) is 16.6. The minimum absolute atomic E-state index is 0.0454. The van der Waals surface area contributed by atoms with Crippen molar-refractivity contribution in [2.24, 2.45) is 0 Å². The number of aliphatic hydroxyl groups is 1. The molecule has 21 heavy (non-hydrogen) atoms. The van der Waals surface area contributed by atoms with E-state index in [1.54, 1.807) is 37.0 Å². The maximum absolute atomic E-state index is 12.8. The van der Waals surface area contributed by atoms with Gasteiger partial charge in [0.25, 0.3) is 0 Å². The largest absolute Gasteiger partial charge is 0.497 e. The minimum Gasteiger partial charge on any atom is -0.497 e. The van der Waals surface area contributed by atoms with Gasteiger partial charge in [-0.15, -0.1) is 0 Å². The Kier molecular flexibility index (Phi) is 5.54. The Hall–Kier alpha value is -0.760. The van der Waals surface area contributed by atoms with Crippen molar-refractivity contribution in [1.29, 1.82) is 0 Å². The number of sulfonamides is 1. The van der Waals surface area contributed by atoms with Crippen LogP contribution in [0.3, 0.4) is 0 Å². The zero-order valence-electron chi connectivity index (χ0n) is 12.3. The van der Waals surface area contributed by atoms with Gasteiger partial charge in [-0.05, 0) is 42.4 Å². The summed E-state index contributed by atoms with van der Waals surface area (Å²) in [5, 5.41) is 9.17. The molecule has 1 aliphatic heterocycles. The fourth-order valence-corrected chi connectivity index (χ4v) is 5.39. The molecule has 2 rings (SSSR count). The summed E-state index contributed by atoms with van der Waals surface area (Å²) in [6.07, 6.45) is 1.17. The van der Waals surface area contributed by atoms with Crippen LogP contribution in [0, 0.1) is 0 Å². The molecule has 1 unspecified atom stereocenters. The summed E-state index contributed by atoms with van der Waals surface area (Å²) in [6.45, 7) is -0.0985. The Bertz CT molecular complexity index is 583. The highest BCUT2D eigenvalue weighted by Crippen LogP contribution is 2.29. The van der Waals surface area contributed by atoms with Crippen LogP contribution in [0.1, 0.15) is 12.0 Å². The SMILES string of the molecule is COc1ccc(S(=O)(=O)N(C)C2CCSC2)c(CCO)c1. The van der Waals surface area contributed by atoms with Crippen LogP contribution in [0.15, 0.2) is 23.1 Å². The first-order valence-corrected chi connectivity index (χ1v) is 9.43. The third kappa shape index (κ3) is 3.53. The van der Waals surface area contributed by atoms with Crippen molar-refractivity contribution in [3.63, 3.8) is 0 Å². The molecule has 0 amide bonds. The van der Waals surface area contributed by atoms with Crippen LogP contribution in [0.5, 0.6) is 5.75 Å². The Morgan fingerprint density at radius 3 is 2.81 bits per heavy atom. The van der Waals surface area contributed by atoms with Crippen LogP contribution in [-0.4, -0.2) is 56.1 Å². The molecular weight excluding hydrogens is 310 g/mol. The maximum Gasteiger partial charge on any atom is 0.243 e. The normalized spacial score (nSPS) is 19.1. The van der Waals surface area contributed by atoms with E-state index in [2.05, 4.69) is 0 Å². The monoisotopic (exact) mass is 331 g/mol. The number of thioether (sulfide) groups is 1. The summed E-state index contributed by atoms with van der Waals surface area (Å²) in [4.78, 5) is 0.261. The van der Waals surface area contributed by atoms with Crippen molar-refractivity contribution in [3.8, 4) is 5.75 Å². The van der Waals surface area contributed by atoms with Crippen LogP contribution in [0.2, 0.25) is 0 Å². The predicted molar refractivity (Wildman–Crippen MR) is 84.5 cm³/mol. The standard InChI is InChI=1S/C14H21NO4S2/c1-15(12-6-8-20-10-12)21(17,18)14-4-3-13(19-2)9-11(14)5-7-16/h3-4,9,12,16H,5-8,10H2,1-2H3. The molecule has 0 saturated carbocycles. The molecule has 0 aromatic heterocycles. The molecule has 1 fully saturated rings. The molecule has 0 radical (unpaired) electrons. The molecule has 1 heterocycles. The quantitative estimate of drug-likeness (QED) is 0.852. The summed E-state index contributed by atoms with van der Waals surface area (Å²) >= 11 is 1.78. The first-order valence-electron chi connectivity index (χ1n) is 6.84. The molecule has 1 N–H and O–H groups in total. The molecule has 1 aromatic carbocycles. The van der Waals surface area contributed by atoms with Gasteiger partial charge in [-0.25, -0.2) is 8.42 Å². The Morgan fingerprint density at radius 2 is 2.24 bits per heavy atom. The Labute approximate surface area is 130 Å². The first-order chi connectivity index (χ1) is 10.0. The number of ether oxygens (including phenoxy) is 1. The van der Waals surface area contributed by atoms with E-state index >= 15 is 0 Å². The fraction of sp³-hybridized carbons (Fsp3) is 0.571. The highest BCUT2D eigenvalue weighted by Gasteiger charge is 2.31. The number of benzene rings is 1. The Morgan fingerprint density at radius 1 is 1.48 bits per heavy atom. The van der Waals surface area contributed by atoms with Gasteiger partial charge in [0.05, 0.1) is 12.0 Å². The molecule has 7 heteroatoms. The van der Waals surface area contributed by atoms with E-state index in [1.165, 1.54) is 11.4 Å². The second-order valence-corrected chi connectivity index (χ2v) is 8.10. The number of hydrogen-bond acceptors (Lipinski definition) is 5. The molecule has 0 spiro atoms. The molecule has 1 aliphatic rings. The lowest BCUT2D eigenvalue weighted by Crippen LogP contribution is -2.37. The highest BCUT2D eigenvalue weighted by atomic mass is 32.2. The number of methoxy groups -OCH3 is 1. The summed E-state index contributed by atoms with van der Waals surface area (Å²) in [5.41, 5.74) is 0.592. The van der Waals surface area contributed by atoms with Gasteiger partial charge in [-0.1, -0.05) is 0 Å². The number of hydrogen-bond donors (Lipinski definition) is 1. The average Bonchev–Trinajstić information content (AvgIpc) is 3.00. The maximum atomic E-state index is 12.8. The Balaban J connectivity index is 2.38. The van der Waals surface area contributed by atoms with E-state index in [-0.39, 0.29) is 17.5 Å². The predicted octanol–water partition coefficient (Wildman–Crippen LogP) is 1.36. The van der Waals surface area contributed by atoms with Crippen molar-refractivity contribution < 1.29 is 18.3 Å². The van der Waals surface area contributed by atoms with E-state index in [0.29, 0.717) is 17.7 Å². The van der Waals surface area contributed by atoms with Gasteiger partial charge < -0.3 is 9.84 Å². The molecule has 1 atom stereocenters. The topological polar surface area (TPSA) is 66.8 Å². The van der Waals surface area contributed by atoms with Gasteiger partial charge in [-0.2, -0.15) is 16.1 Å². The smallest absolute Gasteiger partial charge is 0.243 e. The molecule has 1 saturated heterocycles. The van der Waals surface area contributed by atoms with Crippen molar-refractivity contribution in [3.05, 3.63) is 23.8 Å². The van der Waals surface area contributed by atoms with Crippen LogP contribution in [0.25, 0.3) is 0 Å². The number of aliphatic hydroxyl groups excluding tert-OH is 1. The molecule has 118 valence electrons. The lowest BCUT2D eigenvalue weighted by atomic mass is 10.1. The van der Waals surface area contributed by atoms with E-state index in [4.69, 9.17) is 4.74 Å². The molecule has 0 aliphatic carbocycles. The molecular formula is C14H21NO4S2. The zero-order valence-corrected chi connectivity index (χ0v) is 13.9. The van der Waals surface area contributed by atoms with Gasteiger partial charge in [-0.3, -0.25) is 0 Å². The molecule has 5 nitrogen and oxygen atoms in total. The van der Waals surface area contributed by atoms with Crippen LogP contribution >= 0.6 is 11.8 Å². The summed E-state index contributed by atoms with van der Waals surface area (Å²) in [5.74, 6) is 2.43. The summed E-state index contributed by atoms with van der Waals surface area (Å²) in [6, 6.07) is 4.94. The highest BCUT2D eigenvalue weighted by molar-refractivity contribution is 7.99. The summed E-state index contributed by atoms with van der Waals surface area (Å²) in [7, 11) is -0.373. The van der Waals surface area contributed by atoms with Gasteiger partial charge >= 0.3 is 0 Å². The van der Waals surface area contributed by atoms with Crippen molar-refractivity contribution >= 4 is 21.8 Å². The van der Waals surface area contributed by atoms with Crippen LogP contribution < -0.4 is 4.74 Å². The van der Waals surface area contributed by atoms with E-state index in [1.807, 2.05) is 0 Å². The van der Waals surface area contributed by atoms with Gasteiger partial charge in [0.2, 0.25) is 10.0 Å². The summed E-state index contributed by atoms with van der Waals surface area (Å²) < 4.78 is 32.2. The number of rotatable bonds is 6. The fourth-order valence-electron chi connectivity index (χ4n) is 2.41. The van der Waals surface area contributed by atoms with Crippen molar-refractivity contribution in [1.82, 2.24) is 4.31 Å². The zero-order chi connectivity index (χ0) is 15.5. The van der Waals surface area contributed by atoms with E-state index in [9.17, 15) is 13.5 Å². The molecule has 1 aromatic rings. The van der Waals surface area contributed by atoms with Gasteiger partial charge in [0, 0.05) is 25.4 Å². The van der Waals surface area contributed by atoms with E-state index in [0.717, 1.165) is 17.9 Å². The second kappa shape index (κ2) is 7.00. The van der Waals surface area contributed by atoms with E-state index < -0.39 is 10.0 Å². The second-order valence-electron chi connectivity index (χ2n) is 4.99. The average molecular weight is 331 g/mol. The van der Waals surface area contributed by atoms with Crippen LogP contribution in [0.4, 0.5) is 0 Å². The third-order valence-electron chi connectivity index (χ3n) is 3.73. The lowest BCUT2D eigenvalue weighted by Gasteiger charge is -2.24. The molecule has 0 bridgehead atoms. The number of nitrogens with zero attached hydrogens (tertiary/aromatic N) is 1. The third-order valence-corrected chi connectivity index (χ3v) is 6.88. The van der Waals surface area contributed by atoms with Crippen LogP contribution in [-0.2, 0) is 16.4 Å².